The summed E-state index contributed by atoms with van der Waals surface area (Å²) in [6.45, 7) is 6.67. The Balaban J connectivity index is 2.07. The fourth-order valence-corrected chi connectivity index (χ4v) is 5.81. The van der Waals surface area contributed by atoms with Crippen molar-refractivity contribution >= 4 is 26.8 Å². The summed E-state index contributed by atoms with van der Waals surface area (Å²) in [6, 6.07) is 17.7. The first-order chi connectivity index (χ1) is 19.3. The van der Waals surface area contributed by atoms with Crippen LogP contribution >= 0.6 is 0 Å². The van der Waals surface area contributed by atoms with Crippen LogP contribution < -0.4 is 14.8 Å². The molecular weight excluding hydrogens is 528 g/mol. The molecule has 2 aliphatic rings. The number of hydrogen-bond donors (Lipinski definition) is 2. The fraction of sp³-hybridized carbons (Fsp3) is 0.387. The first-order valence-electron chi connectivity index (χ1n) is 13.9. The summed E-state index contributed by atoms with van der Waals surface area (Å²) in [5, 5.41) is 20.8. The molecule has 0 amide bonds. The maximum Gasteiger partial charge on any atom is 0.203 e. The predicted octanol–water partition coefficient (Wildman–Crippen LogP) is 4.27. The first kappa shape index (κ1) is 29.7. The van der Waals surface area contributed by atoms with Gasteiger partial charge in [0.15, 0.2) is 0 Å². The van der Waals surface area contributed by atoms with Gasteiger partial charge in [-0.3, -0.25) is 0 Å². The van der Waals surface area contributed by atoms with Gasteiger partial charge >= 0.3 is 0 Å². The van der Waals surface area contributed by atoms with E-state index in [1.54, 1.807) is 18.2 Å². The zero-order valence-corrected chi connectivity index (χ0v) is 24.0. The van der Waals surface area contributed by atoms with E-state index in [1.165, 1.54) is 6.07 Å². The average Bonchev–Trinajstić information content (AvgIpc) is 2.95. The van der Waals surface area contributed by atoms with E-state index in [0.29, 0.717) is 46.5 Å². The summed E-state index contributed by atoms with van der Waals surface area (Å²) >= 11 is 0. The van der Waals surface area contributed by atoms with Gasteiger partial charge in [-0.1, -0.05) is 44.9 Å². The molecule has 0 spiro atoms. The highest BCUT2D eigenvalue weighted by Crippen LogP contribution is 2.42. The molecule has 0 fully saturated rings. The molecule has 1 aliphatic carbocycles. The number of anilines is 1. The lowest BCUT2D eigenvalue weighted by atomic mass is 9.93. The van der Waals surface area contributed by atoms with Crippen LogP contribution in [0.15, 0.2) is 70.0 Å². The predicted molar refractivity (Wildman–Crippen MR) is 157 cm³/mol. The molecule has 4 rings (SSSR count). The Kier molecular flexibility index (Phi) is 9.97. The summed E-state index contributed by atoms with van der Waals surface area (Å²) in [6.07, 6.45) is 4.28. The Bertz CT molecular complexity index is 1580. The number of rotatable bonds is 13. The first-order valence-corrected chi connectivity index (χ1v) is 15.3. The highest BCUT2D eigenvalue weighted by atomic mass is 32.2. The maximum absolute atomic E-state index is 12.3. The van der Waals surface area contributed by atoms with Crippen LogP contribution in [0, 0.1) is 0 Å². The number of unbranched alkanes of at least 4 members (excludes halogenated alkanes) is 2. The van der Waals surface area contributed by atoms with Crippen LogP contribution in [0.1, 0.15) is 39.5 Å². The van der Waals surface area contributed by atoms with E-state index < -0.39 is 10.1 Å². The third-order valence-corrected chi connectivity index (χ3v) is 8.04. The molecule has 0 saturated heterocycles. The standard InChI is InChI=1S/C31H38N2O6S/c1-3-5-15-32(16-6-4-2)23-11-13-25-28(21-23)39-29-22-24(33(17-19-34)18-20-35)12-14-26(29)31(25)27-9-7-8-10-30(27)40(36,37)38/h7-14,21-22,34-35H,3-6,15-20H2,1-2H3. The second-order valence-corrected chi connectivity index (χ2v) is 11.3. The minimum Gasteiger partial charge on any atom is -0.744 e. The number of aliphatic hydroxyl groups is 2. The minimum atomic E-state index is -4.75. The molecule has 9 heteroatoms. The van der Waals surface area contributed by atoms with Gasteiger partial charge < -0.3 is 24.1 Å². The third kappa shape index (κ3) is 6.55. The smallest absolute Gasteiger partial charge is 0.203 e. The molecule has 0 atom stereocenters. The molecule has 2 N–H and O–H groups in total. The maximum atomic E-state index is 12.3. The van der Waals surface area contributed by atoms with Crippen molar-refractivity contribution in [3.05, 3.63) is 66.0 Å². The molecule has 2 aromatic carbocycles. The largest absolute Gasteiger partial charge is 0.744 e. The van der Waals surface area contributed by atoms with Crippen LogP contribution in [0.5, 0.6) is 0 Å². The Morgan fingerprint density at radius 3 is 2.17 bits per heavy atom. The van der Waals surface area contributed by atoms with Crippen molar-refractivity contribution in [2.75, 3.05) is 44.3 Å². The van der Waals surface area contributed by atoms with Crippen LogP contribution in [-0.4, -0.2) is 62.6 Å². The van der Waals surface area contributed by atoms with Crippen LogP contribution in [0.2, 0.25) is 0 Å². The Morgan fingerprint density at radius 1 is 0.875 bits per heavy atom. The summed E-state index contributed by atoms with van der Waals surface area (Å²) in [5.41, 5.74) is 2.88. The van der Waals surface area contributed by atoms with Gasteiger partial charge in [0.25, 0.3) is 0 Å². The van der Waals surface area contributed by atoms with Gasteiger partial charge in [-0.25, -0.2) is 13.0 Å². The zero-order chi connectivity index (χ0) is 28.7. The van der Waals surface area contributed by atoms with Crippen molar-refractivity contribution in [3.63, 3.8) is 0 Å². The van der Waals surface area contributed by atoms with Crippen molar-refractivity contribution < 1.29 is 27.6 Å². The van der Waals surface area contributed by atoms with Crippen molar-refractivity contribution in [2.45, 2.75) is 44.4 Å². The lowest BCUT2D eigenvalue weighted by Crippen LogP contribution is -2.31. The molecule has 0 aromatic heterocycles. The number of aliphatic hydroxyl groups excluding tert-OH is 2. The minimum absolute atomic E-state index is 0.0817. The monoisotopic (exact) mass is 566 g/mol. The summed E-state index contributed by atoms with van der Waals surface area (Å²) in [4.78, 5) is 1.56. The van der Waals surface area contributed by atoms with Crippen molar-refractivity contribution in [2.24, 2.45) is 0 Å². The summed E-state index contributed by atoms with van der Waals surface area (Å²) in [7, 11) is -4.75. The van der Waals surface area contributed by atoms with Gasteiger partial charge in [-0.05, 0) is 24.3 Å². The Morgan fingerprint density at radius 2 is 1.55 bits per heavy atom. The van der Waals surface area contributed by atoms with E-state index >= 15 is 0 Å². The van der Waals surface area contributed by atoms with Gasteiger partial charge in [0.05, 0.1) is 24.2 Å². The molecule has 40 heavy (non-hydrogen) atoms. The quantitative estimate of drug-likeness (QED) is 0.141. The summed E-state index contributed by atoms with van der Waals surface area (Å²) < 4.78 is 45.7. The SMILES string of the molecule is CCCC[N+](CCCC)=c1ccc2c(-c3ccccc3S(=O)(=O)[O-])c3ccc(N(CCO)CCO)cc3oc-2c1. The molecule has 214 valence electrons. The van der Waals surface area contributed by atoms with E-state index in [0.717, 1.165) is 49.8 Å². The van der Waals surface area contributed by atoms with Gasteiger partial charge in [0.2, 0.25) is 5.36 Å². The fourth-order valence-electron chi connectivity index (χ4n) is 5.12. The molecule has 8 nitrogen and oxygen atoms in total. The van der Waals surface area contributed by atoms with Gasteiger partial charge in [0, 0.05) is 65.8 Å². The highest BCUT2D eigenvalue weighted by Gasteiger charge is 2.22. The number of hydrogen-bond acceptors (Lipinski definition) is 7. The van der Waals surface area contributed by atoms with Crippen LogP contribution in [0.3, 0.4) is 0 Å². The van der Waals surface area contributed by atoms with E-state index in [2.05, 4.69) is 18.4 Å². The van der Waals surface area contributed by atoms with Crippen molar-refractivity contribution in [1.82, 2.24) is 4.58 Å². The Labute approximate surface area is 235 Å². The molecule has 1 heterocycles. The van der Waals surface area contributed by atoms with Crippen molar-refractivity contribution in [1.29, 1.82) is 0 Å². The van der Waals surface area contributed by atoms with Crippen LogP contribution in [0.25, 0.3) is 33.4 Å². The van der Waals surface area contributed by atoms with E-state index in [4.69, 9.17) is 4.42 Å². The average molecular weight is 567 g/mol. The normalized spacial score (nSPS) is 11.8. The second kappa shape index (κ2) is 13.4. The molecule has 0 bridgehead atoms. The number of benzene rings is 3. The van der Waals surface area contributed by atoms with Crippen LogP contribution in [-0.2, 0) is 10.1 Å². The molecule has 0 radical (unpaired) electrons. The van der Waals surface area contributed by atoms with Crippen molar-refractivity contribution in [3.8, 4) is 22.5 Å². The second-order valence-electron chi connectivity index (χ2n) is 9.92. The molecule has 2 aromatic rings. The zero-order valence-electron chi connectivity index (χ0n) is 23.2. The van der Waals surface area contributed by atoms with Crippen LogP contribution in [0.4, 0.5) is 5.69 Å². The number of nitrogens with zero attached hydrogens (tertiary/aromatic N) is 2. The van der Waals surface area contributed by atoms with Gasteiger partial charge in [0.1, 0.15) is 34.6 Å². The molecule has 0 saturated carbocycles. The van der Waals surface area contributed by atoms with E-state index in [1.807, 2.05) is 41.3 Å². The van der Waals surface area contributed by atoms with Gasteiger partial charge in [-0.15, -0.1) is 0 Å². The van der Waals surface area contributed by atoms with E-state index in [9.17, 15) is 23.2 Å². The molecule has 0 unspecified atom stereocenters. The van der Waals surface area contributed by atoms with Gasteiger partial charge in [-0.2, -0.15) is 0 Å². The topological polar surface area (TPSA) is 117 Å². The highest BCUT2D eigenvalue weighted by molar-refractivity contribution is 7.85. The molecule has 1 aliphatic heterocycles. The summed E-state index contributed by atoms with van der Waals surface area (Å²) in [5.74, 6) is 0.573. The number of fused-ring (bicyclic) bond motifs is 2. The van der Waals surface area contributed by atoms with E-state index in [-0.39, 0.29) is 18.1 Å². The third-order valence-electron chi connectivity index (χ3n) is 7.15. The lowest BCUT2D eigenvalue weighted by molar-refractivity contribution is 0.281. The lowest BCUT2D eigenvalue weighted by Gasteiger charge is -2.24. The Hall–Kier alpha value is -3.24. The molecular formula is C31H38N2O6S.